The molecule has 0 spiro atoms. The monoisotopic (exact) mass is 409 g/mol. The zero-order valence-corrected chi connectivity index (χ0v) is 16.2. The van der Waals surface area contributed by atoms with Crippen molar-refractivity contribution in [1.29, 1.82) is 0 Å². The summed E-state index contributed by atoms with van der Waals surface area (Å²) in [5.41, 5.74) is 1.96. The van der Waals surface area contributed by atoms with Crippen LogP contribution in [0.3, 0.4) is 0 Å². The predicted molar refractivity (Wildman–Crippen MR) is 101 cm³/mol. The second-order valence-corrected chi connectivity index (χ2v) is 6.81. The van der Waals surface area contributed by atoms with Gasteiger partial charge in [0, 0.05) is 5.39 Å². The Hall–Kier alpha value is -1.82. The first-order chi connectivity index (χ1) is 12.0. The first kappa shape index (κ1) is 19.5. The Labute approximate surface area is 155 Å². The minimum Gasteiger partial charge on any atom is -0.480 e. The van der Waals surface area contributed by atoms with Crippen molar-refractivity contribution in [3.8, 4) is 0 Å². The van der Waals surface area contributed by atoms with E-state index < -0.39 is 11.9 Å². The molecule has 1 fully saturated rings. The SMILES string of the molecule is CC.O=C(O)Cn1c(Br)c(C2CCCCC2)c2ccc(C(=O)O)cc21. The number of nitrogens with zero attached hydrogens (tertiary/aromatic N) is 1. The highest BCUT2D eigenvalue weighted by atomic mass is 79.9. The van der Waals surface area contributed by atoms with Crippen molar-refractivity contribution in [1.82, 2.24) is 4.57 Å². The van der Waals surface area contributed by atoms with Gasteiger partial charge < -0.3 is 14.8 Å². The van der Waals surface area contributed by atoms with Gasteiger partial charge in [-0.2, -0.15) is 0 Å². The van der Waals surface area contributed by atoms with Crippen LogP contribution in [0.5, 0.6) is 0 Å². The van der Waals surface area contributed by atoms with E-state index >= 15 is 0 Å². The summed E-state index contributed by atoms with van der Waals surface area (Å²) in [6.45, 7) is 3.81. The minimum atomic E-state index is -1.01. The number of carboxylic acids is 2. The number of aromatic carboxylic acids is 1. The van der Waals surface area contributed by atoms with Crippen molar-refractivity contribution in [3.63, 3.8) is 0 Å². The molecule has 1 aliphatic rings. The Kier molecular flexibility index (Phi) is 6.64. The Morgan fingerprint density at radius 1 is 1.16 bits per heavy atom. The van der Waals surface area contributed by atoms with Crippen molar-refractivity contribution < 1.29 is 19.8 Å². The van der Waals surface area contributed by atoms with Crippen molar-refractivity contribution in [3.05, 3.63) is 33.9 Å². The van der Waals surface area contributed by atoms with E-state index in [1.54, 1.807) is 16.7 Å². The quantitative estimate of drug-likeness (QED) is 0.721. The van der Waals surface area contributed by atoms with E-state index in [4.69, 9.17) is 0 Å². The molecule has 0 saturated heterocycles. The molecule has 0 amide bonds. The van der Waals surface area contributed by atoms with Crippen LogP contribution in [0.1, 0.15) is 67.8 Å². The zero-order valence-electron chi connectivity index (χ0n) is 14.6. The van der Waals surface area contributed by atoms with Crippen molar-refractivity contribution in [2.45, 2.75) is 58.4 Å². The lowest BCUT2D eigenvalue weighted by atomic mass is 9.84. The fraction of sp³-hybridized carbons (Fsp3) is 0.474. The third kappa shape index (κ3) is 4.06. The molecule has 25 heavy (non-hydrogen) atoms. The van der Waals surface area contributed by atoms with Crippen LogP contribution < -0.4 is 0 Å². The third-order valence-corrected chi connectivity index (χ3v) is 5.45. The number of fused-ring (bicyclic) bond motifs is 1. The molecule has 0 radical (unpaired) electrons. The van der Waals surface area contributed by atoms with Crippen LogP contribution in [0, 0.1) is 0 Å². The highest BCUT2D eigenvalue weighted by molar-refractivity contribution is 9.10. The van der Waals surface area contributed by atoms with Crippen LogP contribution >= 0.6 is 15.9 Å². The van der Waals surface area contributed by atoms with Gasteiger partial charge in [-0.15, -0.1) is 0 Å². The van der Waals surface area contributed by atoms with Gasteiger partial charge in [0.25, 0.3) is 0 Å². The molecule has 5 nitrogen and oxygen atoms in total. The van der Waals surface area contributed by atoms with E-state index in [0.717, 1.165) is 28.4 Å². The van der Waals surface area contributed by atoms with Gasteiger partial charge in [-0.05, 0) is 52.4 Å². The fourth-order valence-corrected chi connectivity index (χ4v) is 4.40. The third-order valence-electron chi connectivity index (χ3n) is 4.59. The van der Waals surface area contributed by atoms with Gasteiger partial charge in [0.15, 0.2) is 0 Å². The van der Waals surface area contributed by atoms with E-state index in [-0.39, 0.29) is 12.1 Å². The molecule has 0 aliphatic heterocycles. The zero-order chi connectivity index (χ0) is 18.6. The number of halogens is 1. The van der Waals surface area contributed by atoms with Gasteiger partial charge in [0.2, 0.25) is 0 Å². The average Bonchev–Trinajstić information content (AvgIpc) is 2.88. The molecule has 136 valence electrons. The standard InChI is InChI=1S/C17H18BrNO4.C2H6/c18-16-15(10-4-2-1-3-5-10)12-7-6-11(17(22)23)8-13(12)19(16)9-14(20)21;1-2/h6-8,10H,1-5,9H2,(H,20,21)(H,22,23);1-2H3. The summed E-state index contributed by atoms with van der Waals surface area (Å²) in [5, 5.41) is 19.3. The van der Waals surface area contributed by atoms with Crippen molar-refractivity contribution in [2.75, 3.05) is 0 Å². The highest BCUT2D eigenvalue weighted by Gasteiger charge is 2.25. The number of aromatic nitrogens is 1. The molecule has 0 atom stereocenters. The number of aliphatic carboxylic acids is 1. The number of carbonyl (C=O) groups is 2. The second kappa shape index (κ2) is 8.52. The summed E-state index contributed by atoms with van der Waals surface area (Å²) in [6, 6.07) is 4.97. The van der Waals surface area contributed by atoms with Crippen LogP contribution in [-0.4, -0.2) is 26.7 Å². The lowest BCUT2D eigenvalue weighted by Gasteiger charge is -2.22. The minimum absolute atomic E-state index is 0.171. The maximum absolute atomic E-state index is 11.2. The van der Waals surface area contributed by atoms with E-state index in [9.17, 15) is 19.8 Å². The molecule has 1 aromatic carbocycles. The molecule has 2 N–H and O–H groups in total. The molecule has 1 aromatic heterocycles. The number of rotatable bonds is 4. The van der Waals surface area contributed by atoms with E-state index in [0.29, 0.717) is 11.4 Å². The Morgan fingerprint density at radius 3 is 2.36 bits per heavy atom. The summed E-state index contributed by atoms with van der Waals surface area (Å²) in [7, 11) is 0. The van der Waals surface area contributed by atoms with Crippen LogP contribution in [-0.2, 0) is 11.3 Å². The summed E-state index contributed by atoms with van der Waals surface area (Å²) in [6.07, 6.45) is 5.77. The van der Waals surface area contributed by atoms with Crippen molar-refractivity contribution >= 4 is 38.8 Å². The molecular weight excluding hydrogens is 386 g/mol. The highest BCUT2D eigenvalue weighted by Crippen LogP contribution is 2.42. The first-order valence-corrected chi connectivity index (χ1v) is 9.55. The van der Waals surface area contributed by atoms with Gasteiger partial charge in [0.1, 0.15) is 6.54 Å². The predicted octanol–water partition coefficient (Wildman–Crippen LogP) is 5.26. The molecule has 1 heterocycles. The van der Waals surface area contributed by atoms with Crippen LogP contribution in [0.25, 0.3) is 10.9 Å². The topological polar surface area (TPSA) is 79.5 Å². The lowest BCUT2D eigenvalue weighted by Crippen LogP contribution is -2.10. The van der Waals surface area contributed by atoms with Gasteiger partial charge in [-0.3, -0.25) is 4.79 Å². The maximum atomic E-state index is 11.2. The fourth-order valence-electron chi connectivity index (χ4n) is 3.55. The smallest absolute Gasteiger partial charge is 0.335 e. The summed E-state index contributed by atoms with van der Waals surface area (Å²) in [5.74, 6) is -1.56. The molecule has 6 heteroatoms. The van der Waals surface area contributed by atoms with Gasteiger partial charge in [-0.25, -0.2) is 4.79 Å². The Bertz CT molecular complexity index is 775. The van der Waals surface area contributed by atoms with E-state index in [1.165, 1.54) is 19.3 Å². The largest absolute Gasteiger partial charge is 0.480 e. The van der Waals surface area contributed by atoms with E-state index in [2.05, 4.69) is 15.9 Å². The van der Waals surface area contributed by atoms with Gasteiger partial charge >= 0.3 is 11.9 Å². The molecule has 1 aliphatic carbocycles. The normalized spacial score (nSPS) is 14.8. The lowest BCUT2D eigenvalue weighted by molar-refractivity contribution is -0.137. The molecule has 0 unspecified atom stereocenters. The first-order valence-electron chi connectivity index (χ1n) is 8.75. The number of hydrogen-bond donors (Lipinski definition) is 2. The van der Waals surface area contributed by atoms with Crippen LogP contribution in [0.15, 0.2) is 22.8 Å². The summed E-state index contributed by atoms with van der Waals surface area (Å²) in [4.78, 5) is 22.4. The maximum Gasteiger partial charge on any atom is 0.335 e. The molecular formula is C19H24BrNO4. The number of carboxylic acid groups (broad SMARTS) is 2. The molecule has 2 aromatic rings. The molecule has 1 saturated carbocycles. The Morgan fingerprint density at radius 2 is 1.80 bits per heavy atom. The molecule has 3 rings (SSSR count). The molecule has 0 bridgehead atoms. The Balaban J connectivity index is 0.00000109. The van der Waals surface area contributed by atoms with Crippen molar-refractivity contribution in [2.24, 2.45) is 0 Å². The van der Waals surface area contributed by atoms with E-state index in [1.807, 2.05) is 19.9 Å². The second-order valence-electron chi connectivity index (χ2n) is 6.06. The summed E-state index contributed by atoms with van der Waals surface area (Å²) < 4.78 is 2.43. The van der Waals surface area contributed by atoms with Gasteiger partial charge in [0.05, 0.1) is 15.7 Å². The van der Waals surface area contributed by atoms with Crippen LogP contribution in [0.4, 0.5) is 0 Å². The number of benzene rings is 1. The van der Waals surface area contributed by atoms with Crippen LogP contribution in [0.2, 0.25) is 0 Å². The summed E-state index contributed by atoms with van der Waals surface area (Å²) >= 11 is 3.57. The number of hydrogen-bond acceptors (Lipinski definition) is 2. The van der Waals surface area contributed by atoms with Gasteiger partial charge in [-0.1, -0.05) is 39.2 Å². The average molecular weight is 410 g/mol.